The van der Waals surface area contributed by atoms with Crippen LogP contribution in [0.4, 0.5) is 0 Å². The maximum atomic E-state index is 12.2. The van der Waals surface area contributed by atoms with E-state index in [9.17, 15) is 8.42 Å². The lowest BCUT2D eigenvalue weighted by molar-refractivity contribution is 0.263. The molecule has 5 nitrogen and oxygen atoms in total. The van der Waals surface area contributed by atoms with Crippen LogP contribution in [0.2, 0.25) is 0 Å². The quantitative estimate of drug-likeness (QED) is 0.707. The van der Waals surface area contributed by atoms with Gasteiger partial charge in [0.1, 0.15) is 0 Å². The summed E-state index contributed by atoms with van der Waals surface area (Å²) in [4.78, 5) is 0. The van der Waals surface area contributed by atoms with Gasteiger partial charge in [0.15, 0.2) is 0 Å². The third-order valence-corrected chi connectivity index (χ3v) is 5.28. The number of rotatable bonds is 2. The first-order chi connectivity index (χ1) is 7.12. The zero-order chi connectivity index (χ0) is 10.9. The van der Waals surface area contributed by atoms with Gasteiger partial charge >= 0.3 is 0 Å². The molecule has 88 valence electrons. The zero-order valence-corrected chi connectivity index (χ0v) is 9.96. The molecule has 2 heterocycles. The number of nitrogens with one attached hydrogen (secondary N) is 1. The van der Waals surface area contributed by atoms with E-state index in [2.05, 4.69) is 5.32 Å². The van der Waals surface area contributed by atoms with E-state index < -0.39 is 10.2 Å². The molecule has 2 rings (SSSR count). The lowest BCUT2D eigenvalue weighted by Gasteiger charge is -2.35. The molecule has 1 N–H and O–H groups in total. The minimum atomic E-state index is -3.18. The van der Waals surface area contributed by atoms with Crippen molar-refractivity contribution in [1.82, 2.24) is 13.9 Å². The van der Waals surface area contributed by atoms with Crippen LogP contribution in [0.3, 0.4) is 0 Å². The summed E-state index contributed by atoms with van der Waals surface area (Å²) in [6, 6.07) is 0.0735. The van der Waals surface area contributed by atoms with Gasteiger partial charge < -0.3 is 5.32 Å². The maximum absolute atomic E-state index is 12.2. The summed E-state index contributed by atoms with van der Waals surface area (Å²) in [6.07, 6.45) is 2.00. The van der Waals surface area contributed by atoms with E-state index >= 15 is 0 Å². The molecule has 2 fully saturated rings. The van der Waals surface area contributed by atoms with Crippen LogP contribution in [0.15, 0.2) is 0 Å². The highest BCUT2D eigenvalue weighted by atomic mass is 32.2. The molecule has 0 amide bonds. The van der Waals surface area contributed by atoms with Crippen molar-refractivity contribution in [2.75, 3.05) is 32.7 Å². The number of nitrogens with zero attached hydrogens (tertiary/aromatic N) is 2. The molecule has 2 aliphatic heterocycles. The molecule has 0 spiro atoms. The molecule has 2 saturated heterocycles. The molecule has 0 aliphatic carbocycles. The summed E-state index contributed by atoms with van der Waals surface area (Å²) >= 11 is 0. The molecule has 0 radical (unpaired) electrons. The Morgan fingerprint density at radius 2 is 1.87 bits per heavy atom. The Labute approximate surface area is 91.6 Å². The Morgan fingerprint density at radius 3 is 2.47 bits per heavy atom. The van der Waals surface area contributed by atoms with E-state index in [-0.39, 0.29) is 6.04 Å². The fourth-order valence-electron chi connectivity index (χ4n) is 2.23. The fraction of sp³-hybridized carbons (Fsp3) is 1.00. The first-order valence-corrected chi connectivity index (χ1v) is 7.00. The molecular weight excluding hydrogens is 214 g/mol. The fourth-order valence-corrected chi connectivity index (χ4v) is 4.10. The van der Waals surface area contributed by atoms with Gasteiger partial charge in [0.25, 0.3) is 10.2 Å². The van der Waals surface area contributed by atoms with Gasteiger partial charge in [-0.3, -0.25) is 0 Å². The van der Waals surface area contributed by atoms with Crippen molar-refractivity contribution >= 4 is 10.2 Å². The smallest absolute Gasteiger partial charge is 0.282 e. The lowest BCUT2D eigenvalue weighted by Crippen LogP contribution is -2.55. The lowest BCUT2D eigenvalue weighted by atomic mass is 10.3. The third kappa shape index (κ3) is 2.18. The van der Waals surface area contributed by atoms with Gasteiger partial charge in [0.2, 0.25) is 0 Å². The van der Waals surface area contributed by atoms with Gasteiger partial charge in [-0.05, 0) is 19.8 Å². The Hall–Kier alpha value is -0.170. The summed E-state index contributed by atoms with van der Waals surface area (Å²) < 4.78 is 27.7. The maximum Gasteiger partial charge on any atom is 0.282 e. The first-order valence-electron chi connectivity index (χ1n) is 5.60. The molecule has 15 heavy (non-hydrogen) atoms. The molecule has 6 heteroatoms. The summed E-state index contributed by atoms with van der Waals surface area (Å²) in [6.45, 7) is 5.46. The van der Waals surface area contributed by atoms with Crippen molar-refractivity contribution < 1.29 is 8.42 Å². The molecule has 0 aromatic rings. The molecule has 2 aliphatic rings. The van der Waals surface area contributed by atoms with Crippen molar-refractivity contribution in [2.24, 2.45) is 0 Å². The van der Waals surface area contributed by atoms with Crippen LogP contribution in [0.5, 0.6) is 0 Å². The van der Waals surface area contributed by atoms with E-state index in [4.69, 9.17) is 0 Å². The Kier molecular flexibility index (Phi) is 3.30. The predicted molar refractivity (Wildman–Crippen MR) is 58.8 cm³/mol. The SMILES string of the molecule is C[C@@H]1CNCCN1S(=O)(=O)N1CCCC1. The predicted octanol–water partition coefficient (Wildman–Crippen LogP) is -0.379. The average molecular weight is 233 g/mol. The van der Waals surface area contributed by atoms with E-state index in [0.29, 0.717) is 19.6 Å². The summed E-state index contributed by atoms with van der Waals surface area (Å²) in [5, 5.41) is 3.20. The summed E-state index contributed by atoms with van der Waals surface area (Å²) in [5.74, 6) is 0. The number of hydrogen-bond acceptors (Lipinski definition) is 3. The normalized spacial score (nSPS) is 30.9. The van der Waals surface area contributed by atoms with Crippen molar-refractivity contribution in [3.8, 4) is 0 Å². The van der Waals surface area contributed by atoms with Crippen LogP contribution in [0, 0.1) is 0 Å². The molecule has 0 saturated carbocycles. The second kappa shape index (κ2) is 4.37. The van der Waals surface area contributed by atoms with Gasteiger partial charge in [-0.1, -0.05) is 0 Å². The van der Waals surface area contributed by atoms with Gasteiger partial charge in [-0.2, -0.15) is 17.0 Å². The largest absolute Gasteiger partial charge is 0.314 e. The Bertz CT molecular complexity index is 311. The standard InChI is InChI=1S/C9H19N3O2S/c1-9-8-10-4-7-12(9)15(13,14)11-5-2-3-6-11/h9-10H,2-8H2,1H3/t9-/m1/s1. The van der Waals surface area contributed by atoms with Crippen molar-refractivity contribution in [3.05, 3.63) is 0 Å². The topological polar surface area (TPSA) is 52.7 Å². The first kappa shape index (κ1) is 11.3. The second-order valence-electron chi connectivity index (χ2n) is 4.28. The summed E-state index contributed by atoms with van der Waals surface area (Å²) in [5.41, 5.74) is 0. The van der Waals surface area contributed by atoms with Gasteiger partial charge in [-0.15, -0.1) is 0 Å². The van der Waals surface area contributed by atoms with Crippen LogP contribution >= 0.6 is 0 Å². The highest BCUT2D eigenvalue weighted by Crippen LogP contribution is 2.19. The minimum absolute atomic E-state index is 0.0735. The van der Waals surface area contributed by atoms with E-state index in [0.717, 1.165) is 25.9 Å². The summed E-state index contributed by atoms with van der Waals surface area (Å²) in [7, 11) is -3.18. The molecule has 0 aromatic heterocycles. The highest BCUT2D eigenvalue weighted by molar-refractivity contribution is 7.86. The molecule has 0 unspecified atom stereocenters. The molecular formula is C9H19N3O2S. The van der Waals surface area contributed by atoms with Crippen LogP contribution in [0.1, 0.15) is 19.8 Å². The third-order valence-electron chi connectivity index (χ3n) is 3.13. The van der Waals surface area contributed by atoms with Crippen LogP contribution < -0.4 is 5.32 Å². The van der Waals surface area contributed by atoms with Gasteiger partial charge in [0, 0.05) is 38.8 Å². The minimum Gasteiger partial charge on any atom is -0.314 e. The van der Waals surface area contributed by atoms with Crippen LogP contribution in [-0.4, -0.2) is 55.8 Å². The van der Waals surface area contributed by atoms with Crippen molar-refractivity contribution in [3.63, 3.8) is 0 Å². The monoisotopic (exact) mass is 233 g/mol. The van der Waals surface area contributed by atoms with E-state index in [1.807, 2.05) is 6.92 Å². The van der Waals surface area contributed by atoms with Crippen molar-refractivity contribution in [2.45, 2.75) is 25.8 Å². The zero-order valence-electron chi connectivity index (χ0n) is 9.15. The Balaban J connectivity index is 2.12. The number of hydrogen-bond donors (Lipinski definition) is 1. The van der Waals surface area contributed by atoms with Crippen LogP contribution in [-0.2, 0) is 10.2 Å². The highest BCUT2D eigenvalue weighted by Gasteiger charge is 2.35. The average Bonchev–Trinajstić information content (AvgIpc) is 2.71. The van der Waals surface area contributed by atoms with E-state index in [1.165, 1.54) is 0 Å². The second-order valence-corrected chi connectivity index (χ2v) is 6.16. The molecule has 0 bridgehead atoms. The number of piperazine rings is 1. The van der Waals surface area contributed by atoms with E-state index in [1.54, 1.807) is 8.61 Å². The molecule has 0 aromatic carbocycles. The van der Waals surface area contributed by atoms with Crippen molar-refractivity contribution in [1.29, 1.82) is 0 Å². The van der Waals surface area contributed by atoms with Gasteiger partial charge in [-0.25, -0.2) is 0 Å². The Morgan fingerprint density at radius 1 is 1.20 bits per heavy atom. The molecule has 1 atom stereocenters. The van der Waals surface area contributed by atoms with Crippen LogP contribution in [0.25, 0.3) is 0 Å². The van der Waals surface area contributed by atoms with Gasteiger partial charge in [0.05, 0.1) is 0 Å².